The molecule has 0 spiro atoms. The summed E-state index contributed by atoms with van der Waals surface area (Å²) >= 11 is 0. The van der Waals surface area contributed by atoms with Gasteiger partial charge in [0.05, 0.1) is 6.04 Å². The van der Waals surface area contributed by atoms with Gasteiger partial charge in [0.15, 0.2) is 5.78 Å². The molecule has 1 heterocycles. The quantitative estimate of drug-likeness (QED) is 0.682. The van der Waals surface area contributed by atoms with Crippen molar-refractivity contribution >= 4 is 5.78 Å². The average molecular weight is 225 g/mol. The first-order valence-electron chi connectivity index (χ1n) is 6.45. The Morgan fingerprint density at radius 1 is 1.06 bits per heavy atom. The van der Waals surface area contributed by atoms with Gasteiger partial charge in [0, 0.05) is 11.0 Å². The standard InChI is InChI=1S/C14H27NO/c1-13(2,3)12(16)11-9-7-8-10-15(11)14(4,5)6/h11H,7-10H2,1-6H3/t11-/m0/s1. The van der Waals surface area contributed by atoms with E-state index in [9.17, 15) is 4.79 Å². The maximum Gasteiger partial charge on any atom is 0.155 e. The molecule has 1 aliphatic heterocycles. The normalized spacial score (nSPS) is 24.5. The number of nitrogens with zero attached hydrogens (tertiary/aromatic N) is 1. The molecule has 1 atom stereocenters. The van der Waals surface area contributed by atoms with E-state index in [-0.39, 0.29) is 17.0 Å². The van der Waals surface area contributed by atoms with E-state index in [0.29, 0.717) is 5.78 Å². The number of Topliss-reactive ketones (excluding diaryl/α,β-unsaturated/α-hetero) is 1. The van der Waals surface area contributed by atoms with Gasteiger partial charge in [-0.2, -0.15) is 0 Å². The van der Waals surface area contributed by atoms with E-state index >= 15 is 0 Å². The Kier molecular flexibility index (Phi) is 3.83. The fraction of sp³-hybridized carbons (Fsp3) is 0.929. The Hall–Kier alpha value is -0.370. The Balaban J connectivity index is 2.87. The van der Waals surface area contributed by atoms with Crippen molar-refractivity contribution in [2.45, 2.75) is 72.4 Å². The summed E-state index contributed by atoms with van der Waals surface area (Å²) in [5, 5.41) is 0. The van der Waals surface area contributed by atoms with E-state index in [0.717, 1.165) is 13.0 Å². The number of carbonyl (C=O) groups is 1. The molecule has 0 amide bonds. The Labute approximate surface area is 100 Å². The molecular formula is C14H27NO. The summed E-state index contributed by atoms with van der Waals surface area (Å²) in [5.41, 5.74) is -0.114. The molecule has 0 N–H and O–H groups in total. The van der Waals surface area contributed by atoms with Gasteiger partial charge in [0.2, 0.25) is 0 Å². The molecule has 0 aliphatic carbocycles. The van der Waals surface area contributed by atoms with Gasteiger partial charge in [-0.15, -0.1) is 0 Å². The van der Waals surface area contributed by atoms with Crippen LogP contribution in [0.2, 0.25) is 0 Å². The topological polar surface area (TPSA) is 20.3 Å². The van der Waals surface area contributed by atoms with Crippen LogP contribution in [0.5, 0.6) is 0 Å². The molecule has 0 aromatic rings. The summed E-state index contributed by atoms with van der Waals surface area (Å²) in [5.74, 6) is 0.405. The van der Waals surface area contributed by atoms with Gasteiger partial charge >= 0.3 is 0 Å². The highest BCUT2D eigenvalue weighted by Gasteiger charge is 2.39. The molecule has 2 nitrogen and oxygen atoms in total. The van der Waals surface area contributed by atoms with Gasteiger partial charge < -0.3 is 0 Å². The van der Waals surface area contributed by atoms with Crippen molar-refractivity contribution in [1.29, 1.82) is 0 Å². The first-order valence-corrected chi connectivity index (χ1v) is 6.45. The van der Waals surface area contributed by atoms with Crippen LogP contribution >= 0.6 is 0 Å². The largest absolute Gasteiger partial charge is 0.297 e. The molecule has 2 heteroatoms. The highest BCUT2D eigenvalue weighted by atomic mass is 16.1. The summed E-state index contributed by atoms with van der Waals surface area (Å²) < 4.78 is 0. The predicted molar refractivity (Wildman–Crippen MR) is 68.6 cm³/mol. The van der Waals surface area contributed by atoms with Crippen molar-refractivity contribution in [3.05, 3.63) is 0 Å². The van der Waals surface area contributed by atoms with Crippen LogP contribution in [0.1, 0.15) is 60.8 Å². The lowest BCUT2D eigenvalue weighted by Crippen LogP contribution is -2.55. The fourth-order valence-electron chi connectivity index (χ4n) is 2.51. The van der Waals surface area contributed by atoms with Crippen LogP contribution in [-0.4, -0.2) is 28.8 Å². The van der Waals surface area contributed by atoms with Crippen LogP contribution in [-0.2, 0) is 4.79 Å². The SMILES string of the molecule is CC(C)(C)C(=O)[C@@H]1CCCCN1C(C)(C)C. The number of rotatable bonds is 1. The van der Waals surface area contributed by atoms with Crippen LogP contribution < -0.4 is 0 Å². The number of carbonyl (C=O) groups excluding carboxylic acids is 1. The van der Waals surface area contributed by atoms with Crippen molar-refractivity contribution in [2.75, 3.05) is 6.54 Å². The van der Waals surface area contributed by atoms with Crippen molar-refractivity contribution in [2.24, 2.45) is 5.41 Å². The first-order chi connectivity index (χ1) is 7.14. The van der Waals surface area contributed by atoms with Crippen molar-refractivity contribution in [3.63, 3.8) is 0 Å². The van der Waals surface area contributed by atoms with Gasteiger partial charge in [-0.3, -0.25) is 9.69 Å². The van der Waals surface area contributed by atoms with Gasteiger partial charge in [0.25, 0.3) is 0 Å². The first kappa shape index (κ1) is 13.7. The summed E-state index contributed by atoms with van der Waals surface area (Å²) in [7, 11) is 0. The predicted octanol–water partition coefficient (Wildman–Crippen LogP) is 3.25. The smallest absolute Gasteiger partial charge is 0.155 e. The molecule has 94 valence electrons. The van der Waals surface area contributed by atoms with Crippen LogP contribution in [0.4, 0.5) is 0 Å². The van der Waals surface area contributed by atoms with E-state index < -0.39 is 0 Å². The van der Waals surface area contributed by atoms with E-state index in [1.807, 2.05) is 20.8 Å². The molecule has 1 fully saturated rings. The minimum Gasteiger partial charge on any atom is -0.297 e. The zero-order chi connectivity index (χ0) is 12.6. The van der Waals surface area contributed by atoms with Crippen LogP contribution in [0, 0.1) is 5.41 Å². The molecule has 1 saturated heterocycles. The van der Waals surface area contributed by atoms with Gasteiger partial charge in [-0.05, 0) is 40.2 Å². The lowest BCUT2D eigenvalue weighted by molar-refractivity contribution is -0.135. The average Bonchev–Trinajstić information content (AvgIpc) is 2.14. The maximum absolute atomic E-state index is 12.4. The highest BCUT2D eigenvalue weighted by Crippen LogP contribution is 2.30. The third-order valence-electron chi connectivity index (χ3n) is 3.41. The number of hydrogen-bond acceptors (Lipinski definition) is 2. The molecule has 0 saturated carbocycles. The van der Waals surface area contributed by atoms with Crippen molar-refractivity contribution < 1.29 is 4.79 Å². The zero-order valence-electron chi connectivity index (χ0n) is 11.8. The second-order valence-corrected chi connectivity index (χ2v) is 6.99. The molecule has 0 aromatic carbocycles. The molecular weight excluding hydrogens is 198 g/mol. The third-order valence-corrected chi connectivity index (χ3v) is 3.41. The Bertz CT molecular complexity index is 257. The van der Waals surface area contributed by atoms with Crippen molar-refractivity contribution in [3.8, 4) is 0 Å². The second-order valence-electron chi connectivity index (χ2n) is 6.99. The Morgan fingerprint density at radius 3 is 2.06 bits per heavy atom. The molecule has 16 heavy (non-hydrogen) atoms. The number of hydrogen-bond donors (Lipinski definition) is 0. The van der Waals surface area contributed by atoms with Crippen LogP contribution in [0.15, 0.2) is 0 Å². The highest BCUT2D eigenvalue weighted by molar-refractivity contribution is 5.88. The molecule has 0 bridgehead atoms. The van der Waals surface area contributed by atoms with Crippen LogP contribution in [0.3, 0.4) is 0 Å². The van der Waals surface area contributed by atoms with Gasteiger partial charge in [0.1, 0.15) is 0 Å². The lowest BCUT2D eigenvalue weighted by atomic mass is 9.81. The number of ketones is 1. The number of piperidine rings is 1. The monoisotopic (exact) mass is 225 g/mol. The Morgan fingerprint density at radius 2 is 1.62 bits per heavy atom. The minimum atomic E-state index is -0.217. The summed E-state index contributed by atoms with van der Waals surface area (Å²) in [6.45, 7) is 13.8. The fourth-order valence-corrected chi connectivity index (χ4v) is 2.51. The minimum absolute atomic E-state index is 0.103. The molecule has 1 rings (SSSR count). The zero-order valence-corrected chi connectivity index (χ0v) is 11.8. The van der Waals surface area contributed by atoms with Crippen LogP contribution in [0.25, 0.3) is 0 Å². The molecule has 0 aromatic heterocycles. The third kappa shape index (κ3) is 3.07. The molecule has 1 aliphatic rings. The summed E-state index contributed by atoms with van der Waals surface area (Å²) in [6.07, 6.45) is 3.46. The van der Waals surface area contributed by atoms with E-state index in [2.05, 4.69) is 25.7 Å². The molecule has 0 radical (unpaired) electrons. The number of likely N-dealkylation sites (tertiary alicyclic amines) is 1. The maximum atomic E-state index is 12.4. The molecule has 0 unspecified atom stereocenters. The second kappa shape index (κ2) is 4.48. The van der Waals surface area contributed by atoms with E-state index in [1.54, 1.807) is 0 Å². The summed E-state index contributed by atoms with van der Waals surface area (Å²) in [4.78, 5) is 14.8. The van der Waals surface area contributed by atoms with Gasteiger partial charge in [-0.25, -0.2) is 0 Å². The lowest BCUT2D eigenvalue weighted by Gasteiger charge is -2.45. The van der Waals surface area contributed by atoms with E-state index in [4.69, 9.17) is 0 Å². The van der Waals surface area contributed by atoms with Crippen molar-refractivity contribution in [1.82, 2.24) is 4.90 Å². The van der Waals surface area contributed by atoms with Gasteiger partial charge in [-0.1, -0.05) is 27.2 Å². The summed E-state index contributed by atoms with van der Waals surface area (Å²) in [6, 6.07) is 0.133. The van der Waals surface area contributed by atoms with E-state index in [1.165, 1.54) is 12.8 Å².